The number of carbonyl (C=O) groups excluding carboxylic acids is 1. The molecule has 0 heterocycles. The standard InChI is InChI=1S/C18H21N3O3S/c1-14-7-9-16(10-8-14)12-19-20-18(22)13-21(25(3,23)24)17-6-4-5-15(2)11-17/h4-12H,13H2,1-3H3,(H,20,22)/b19-12-. The fourth-order valence-corrected chi connectivity index (χ4v) is 3.03. The zero-order chi connectivity index (χ0) is 18.4. The van der Waals surface area contributed by atoms with Crippen LogP contribution < -0.4 is 9.73 Å². The number of amides is 1. The summed E-state index contributed by atoms with van der Waals surface area (Å²) in [6.45, 7) is 3.50. The van der Waals surface area contributed by atoms with Gasteiger partial charge in [-0.05, 0) is 37.1 Å². The number of aryl methyl sites for hydroxylation is 2. The smallest absolute Gasteiger partial charge is 0.260 e. The average molecular weight is 359 g/mol. The Morgan fingerprint density at radius 3 is 2.40 bits per heavy atom. The highest BCUT2D eigenvalue weighted by Crippen LogP contribution is 2.18. The highest BCUT2D eigenvalue weighted by atomic mass is 32.2. The third-order valence-electron chi connectivity index (χ3n) is 3.46. The zero-order valence-electron chi connectivity index (χ0n) is 14.4. The summed E-state index contributed by atoms with van der Waals surface area (Å²) in [6.07, 6.45) is 2.58. The van der Waals surface area contributed by atoms with Gasteiger partial charge in [-0.2, -0.15) is 5.10 Å². The van der Waals surface area contributed by atoms with Crippen LogP contribution in [0.15, 0.2) is 53.6 Å². The highest BCUT2D eigenvalue weighted by Gasteiger charge is 2.20. The number of benzene rings is 2. The molecule has 0 spiro atoms. The second kappa shape index (κ2) is 7.94. The molecule has 0 unspecified atom stereocenters. The molecule has 7 heteroatoms. The van der Waals surface area contributed by atoms with Crippen LogP contribution in [-0.2, 0) is 14.8 Å². The fourth-order valence-electron chi connectivity index (χ4n) is 2.18. The normalized spacial score (nSPS) is 11.5. The summed E-state index contributed by atoms with van der Waals surface area (Å²) in [5.41, 5.74) is 5.67. The molecule has 1 amide bonds. The lowest BCUT2D eigenvalue weighted by Crippen LogP contribution is -2.39. The minimum Gasteiger partial charge on any atom is -0.271 e. The summed E-state index contributed by atoms with van der Waals surface area (Å²) >= 11 is 0. The van der Waals surface area contributed by atoms with Crippen molar-refractivity contribution in [2.24, 2.45) is 5.10 Å². The summed E-state index contributed by atoms with van der Waals surface area (Å²) in [5, 5.41) is 3.87. The van der Waals surface area contributed by atoms with Gasteiger partial charge in [-0.1, -0.05) is 42.0 Å². The highest BCUT2D eigenvalue weighted by molar-refractivity contribution is 7.92. The molecule has 25 heavy (non-hydrogen) atoms. The number of sulfonamides is 1. The maximum atomic E-state index is 12.1. The second-order valence-corrected chi connectivity index (χ2v) is 7.72. The van der Waals surface area contributed by atoms with Crippen LogP contribution in [0.1, 0.15) is 16.7 Å². The molecule has 0 fully saturated rings. The van der Waals surface area contributed by atoms with Gasteiger partial charge < -0.3 is 0 Å². The molecule has 0 saturated carbocycles. The van der Waals surface area contributed by atoms with E-state index in [0.29, 0.717) is 5.69 Å². The Bertz CT molecular complexity index is 875. The van der Waals surface area contributed by atoms with Gasteiger partial charge in [0.1, 0.15) is 6.54 Å². The van der Waals surface area contributed by atoms with E-state index in [-0.39, 0.29) is 6.54 Å². The van der Waals surface area contributed by atoms with Gasteiger partial charge >= 0.3 is 0 Å². The number of hydrogen-bond acceptors (Lipinski definition) is 4. The number of nitrogens with one attached hydrogen (secondary N) is 1. The van der Waals surface area contributed by atoms with Crippen molar-refractivity contribution in [2.75, 3.05) is 17.1 Å². The van der Waals surface area contributed by atoms with Crippen molar-refractivity contribution in [1.29, 1.82) is 0 Å². The summed E-state index contributed by atoms with van der Waals surface area (Å²) in [4.78, 5) is 12.1. The Morgan fingerprint density at radius 1 is 1.12 bits per heavy atom. The molecule has 132 valence electrons. The Kier molecular flexibility index (Phi) is 5.93. The van der Waals surface area contributed by atoms with E-state index in [4.69, 9.17) is 0 Å². The van der Waals surface area contributed by atoms with Crippen LogP contribution in [0.3, 0.4) is 0 Å². The third-order valence-corrected chi connectivity index (χ3v) is 4.60. The Morgan fingerprint density at radius 2 is 1.80 bits per heavy atom. The van der Waals surface area contributed by atoms with Crippen LogP contribution in [-0.4, -0.2) is 33.3 Å². The number of anilines is 1. The average Bonchev–Trinajstić information content (AvgIpc) is 2.53. The maximum Gasteiger partial charge on any atom is 0.260 e. The van der Waals surface area contributed by atoms with E-state index >= 15 is 0 Å². The number of rotatable bonds is 6. The van der Waals surface area contributed by atoms with Gasteiger partial charge in [0.2, 0.25) is 10.0 Å². The minimum absolute atomic E-state index is 0.340. The van der Waals surface area contributed by atoms with Crippen LogP contribution in [0.5, 0.6) is 0 Å². The monoisotopic (exact) mass is 359 g/mol. The van der Waals surface area contributed by atoms with Gasteiger partial charge in [0, 0.05) is 0 Å². The summed E-state index contributed by atoms with van der Waals surface area (Å²) < 4.78 is 25.1. The lowest BCUT2D eigenvalue weighted by atomic mass is 10.2. The molecule has 0 saturated heterocycles. The van der Waals surface area contributed by atoms with Crippen molar-refractivity contribution in [1.82, 2.24) is 5.43 Å². The van der Waals surface area contributed by atoms with Gasteiger partial charge in [0.15, 0.2) is 0 Å². The Balaban J connectivity index is 2.06. The zero-order valence-corrected chi connectivity index (χ0v) is 15.2. The molecule has 0 radical (unpaired) electrons. The molecule has 0 bridgehead atoms. The lowest BCUT2D eigenvalue weighted by molar-refractivity contribution is -0.119. The van der Waals surface area contributed by atoms with E-state index in [1.165, 1.54) is 6.21 Å². The van der Waals surface area contributed by atoms with Crippen LogP contribution in [0, 0.1) is 13.8 Å². The van der Waals surface area contributed by atoms with Crippen molar-refractivity contribution in [3.63, 3.8) is 0 Å². The van der Waals surface area contributed by atoms with Gasteiger partial charge in [0.25, 0.3) is 5.91 Å². The predicted octanol–water partition coefficient (Wildman–Crippen LogP) is 2.22. The number of nitrogens with zero attached hydrogens (tertiary/aromatic N) is 2. The molecule has 1 N–H and O–H groups in total. The molecule has 6 nitrogen and oxygen atoms in total. The van der Waals surface area contributed by atoms with E-state index in [1.807, 2.05) is 44.2 Å². The first-order chi connectivity index (χ1) is 11.8. The van der Waals surface area contributed by atoms with Crippen LogP contribution in [0.4, 0.5) is 5.69 Å². The molecule has 0 aliphatic rings. The van der Waals surface area contributed by atoms with Crippen molar-refractivity contribution in [3.05, 3.63) is 65.2 Å². The van der Waals surface area contributed by atoms with Crippen molar-refractivity contribution < 1.29 is 13.2 Å². The topological polar surface area (TPSA) is 78.8 Å². The number of hydrazone groups is 1. The van der Waals surface area contributed by atoms with Crippen LogP contribution >= 0.6 is 0 Å². The Hall–Kier alpha value is -2.67. The van der Waals surface area contributed by atoms with E-state index in [2.05, 4.69) is 10.5 Å². The molecular weight excluding hydrogens is 338 g/mol. The minimum atomic E-state index is -3.59. The summed E-state index contributed by atoms with van der Waals surface area (Å²) in [7, 11) is -3.59. The molecule has 0 atom stereocenters. The summed E-state index contributed by atoms with van der Waals surface area (Å²) in [6, 6.07) is 14.6. The van der Waals surface area contributed by atoms with Gasteiger partial charge in [-0.25, -0.2) is 13.8 Å². The van der Waals surface area contributed by atoms with Crippen LogP contribution in [0.25, 0.3) is 0 Å². The molecular formula is C18H21N3O3S. The van der Waals surface area contributed by atoms with E-state index in [1.54, 1.807) is 18.2 Å². The largest absolute Gasteiger partial charge is 0.271 e. The van der Waals surface area contributed by atoms with Gasteiger partial charge in [0.05, 0.1) is 18.2 Å². The fraction of sp³-hybridized carbons (Fsp3) is 0.222. The van der Waals surface area contributed by atoms with Crippen LogP contribution in [0.2, 0.25) is 0 Å². The van der Waals surface area contributed by atoms with Crippen molar-refractivity contribution in [3.8, 4) is 0 Å². The first-order valence-electron chi connectivity index (χ1n) is 7.68. The Labute approximate surface area is 148 Å². The first-order valence-corrected chi connectivity index (χ1v) is 9.53. The van der Waals surface area contributed by atoms with Crippen molar-refractivity contribution >= 4 is 27.8 Å². The molecule has 2 aromatic rings. The molecule has 0 aromatic heterocycles. The number of hydrogen-bond donors (Lipinski definition) is 1. The molecule has 2 aromatic carbocycles. The van der Waals surface area contributed by atoms with Crippen molar-refractivity contribution in [2.45, 2.75) is 13.8 Å². The van der Waals surface area contributed by atoms with Gasteiger partial charge in [-0.15, -0.1) is 0 Å². The quantitative estimate of drug-likeness (QED) is 0.634. The first kappa shape index (κ1) is 18.7. The predicted molar refractivity (Wildman–Crippen MR) is 100 cm³/mol. The molecule has 2 rings (SSSR count). The van der Waals surface area contributed by atoms with Gasteiger partial charge in [-0.3, -0.25) is 9.10 Å². The SMILES string of the molecule is Cc1ccc(/C=N\NC(=O)CN(c2cccc(C)c2)S(C)(=O)=O)cc1. The third kappa shape index (κ3) is 5.72. The maximum absolute atomic E-state index is 12.1. The van der Waals surface area contributed by atoms with E-state index in [0.717, 1.165) is 27.3 Å². The lowest BCUT2D eigenvalue weighted by Gasteiger charge is -2.21. The summed E-state index contributed by atoms with van der Waals surface area (Å²) in [5.74, 6) is -0.518. The van der Waals surface area contributed by atoms with E-state index in [9.17, 15) is 13.2 Å². The van der Waals surface area contributed by atoms with E-state index < -0.39 is 15.9 Å². The second-order valence-electron chi connectivity index (χ2n) is 5.81. The molecule has 0 aliphatic heterocycles. The molecule has 0 aliphatic carbocycles. The number of carbonyl (C=O) groups is 1.